The molecule has 2 aromatic rings. The van der Waals surface area contributed by atoms with E-state index in [9.17, 15) is 18.0 Å². The standard InChI is InChI=1S/C14H15N3O4S2/c1-17(23(20,21)13-8-5-9-22-13)10-12(18)15-16-14(19)11-6-3-2-4-7-11/h2-9H,10H2,1H3,(H,15,18)(H,16,19). The lowest BCUT2D eigenvalue weighted by molar-refractivity contribution is -0.121. The van der Waals surface area contributed by atoms with Crippen molar-refractivity contribution < 1.29 is 18.0 Å². The lowest BCUT2D eigenvalue weighted by Crippen LogP contribution is -2.46. The van der Waals surface area contributed by atoms with Crippen LogP contribution in [0.4, 0.5) is 0 Å². The Bertz CT molecular complexity index is 774. The predicted molar refractivity (Wildman–Crippen MR) is 86.2 cm³/mol. The molecule has 0 fully saturated rings. The van der Waals surface area contributed by atoms with E-state index in [-0.39, 0.29) is 4.21 Å². The third-order valence-electron chi connectivity index (χ3n) is 2.88. The molecule has 1 aromatic heterocycles. The summed E-state index contributed by atoms with van der Waals surface area (Å²) in [6, 6.07) is 11.4. The van der Waals surface area contributed by atoms with Gasteiger partial charge < -0.3 is 0 Å². The number of sulfonamides is 1. The predicted octanol–water partition coefficient (Wildman–Crippen LogP) is 0.830. The van der Waals surface area contributed by atoms with Crippen molar-refractivity contribution in [1.29, 1.82) is 0 Å². The van der Waals surface area contributed by atoms with Crippen molar-refractivity contribution in [3.05, 3.63) is 53.4 Å². The van der Waals surface area contributed by atoms with Gasteiger partial charge in [0.15, 0.2) is 0 Å². The summed E-state index contributed by atoms with van der Waals surface area (Å²) in [5.74, 6) is -1.13. The maximum Gasteiger partial charge on any atom is 0.269 e. The molecule has 2 amide bonds. The Morgan fingerprint density at radius 3 is 2.39 bits per heavy atom. The number of benzene rings is 1. The summed E-state index contributed by atoms with van der Waals surface area (Å²) in [6.07, 6.45) is 0. The zero-order valence-electron chi connectivity index (χ0n) is 12.2. The van der Waals surface area contributed by atoms with Crippen LogP contribution in [0.5, 0.6) is 0 Å². The second-order valence-electron chi connectivity index (χ2n) is 4.56. The number of likely N-dealkylation sites (N-methyl/N-ethyl adjacent to an activating group) is 1. The molecule has 2 N–H and O–H groups in total. The van der Waals surface area contributed by atoms with Gasteiger partial charge in [0.25, 0.3) is 21.8 Å². The molecule has 1 aromatic carbocycles. The molecule has 0 radical (unpaired) electrons. The highest BCUT2D eigenvalue weighted by molar-refractivity contribution is 7.91. The van der Waals surface area contributed by atoms with Gasteiger partial charge in [0, 0.05) is 12.6 Å². The van der Waals surface area contributed by atoms with E-state index in [4.69, 9.17) is 0 Å². The van der Waals surface area contributed by atoms with E-state index >= 15 is 0 Å². The van der Waals surface area contributed by atoms with Crippen molar-refractivity contribution in [1.82, 2.24) is 15.2 Å². The number of rotatable bonds is 5. The third kappa shape index (κ3) is 4.38. The first-order valence-electron chi connectivity index (χ1n) is 6.55. The van der Waals surface area contributed by atoms with Crippen molar-refractivity contribution in [2.45, 2.75) is 4.21 Å². The Hall–Kier alpha value is -2.23. The van der Waals surface area contributed by atoms with Gasteiger partial charge >= 0.3 is 0 Å². The molecule has 9 heteroatoms. The molecule has 122 valence electrons. The zero-order chi connectivity index (χ0) is 16.9. The molecule has 0 saturated heterocycles. The SMILES string of the molecule is CN(CC(=O)NNC(=O)c1ccccc1)S(=O)(=O)c1cccs1. The first-order chi connectivity index (χ1) is 10.9. The van der Waals surface area contributed by atoms with Gasteiger partial charge in [-0.3, -0.25) is 20.4 Å². The number of nitrogens with one attached hydrogen (secondary N) is 2. The maximum absolute atomic E-state index is 12.2. The first-order valence-corrected chi connectivity index (χ1v) is 8.87. The number of nitrogens with zero attached hydrogens (tertiary/aromatic N) is 1. The van der Waals surface area contributed by atoms with Crippen molar-refractivity contribution in [2.24, 2.45) is 0 Å². The van der Waals surface area contributed by atoms with Crippen LogP contribution < -0.4 is 10.9 Å². The molecule has 0 unspecified atom stereocenters. The average Bonchev–Trinajstić information content (AvgIpc) is 3.08. The van der Waals surface area contributed by atoms with Crippen LogP contribution in [0.1, 0.15) is 10.4 Å². The molecule has 2 rings (SSSR count). The fourth-order valence-electron chi connectivity index (χ4n) is 1.68. The van der Waals surface area contributed by atoms with Crippen molar-refractivity contribution in [3.8, 4) is 0 Å². The molecule has 0 aliphatic heterocycles. The number of amides is 2. The third-order valence-corrected chi connectivity index (χ3v) is 6.05. The summed E-state index contributed by atoms with van der Waals surface area (Å²) < 4.78 is 25.4. The number of hydrazine groups is 1. The first kappa shape index (κ1) is 17.1. The summed E-state index contributed by atoms with van der Waals surface area (Å²) in [5.41, 5.74) is 4.80. The molecular formula is C14H15N3O4S2. The summed E-state index contributed by atoms with van der Waals surface area (Å²) in [7, 11) is -2.40. The van der Waals surface area contributed by atoms with Gasteiger partial charge in [-0.05, 0) is 23.6 Å². The topological polar surface area (TPSA) is 95.6 Å². The van der Waals surface area contributed by atoms with E-state index in [2.05, 4.69) is 10.9 Å². The second kappa shape index (κ2) is 7.36. The van der Waals surface area contributed by atoms with Crippen LogP contribution in [0.15, 0.2) is 52.1 Å². The molecule has 0 spiro atoms. The largest absolute Gasteiger partial charge is 0.272 e. The fourth-order valence-corrected chi connectivity index (χ4v) is 4.01. The smallest absolute Gasteiger partial charge is 0.269 e. The van der Waals surface area contributed by atoms with Crippen LogP contribution in [-0.4, -0.2) is 38.1 Å². The highest BCUT2D eigenvalue weighted by Crippen LogP contribution is 2.19. The second-order valence-corrected chi connectivity index (χ2v) is 7.78. The van der Waals surface area contributed by atoms with E-state index in [1.54, 1.807) is 41.8 Å². The van der Waals surface area contributed by atoms with Gasteiger partial charge in [-0.1, -0.05) is 24.3 Å². The summed E-state index contributed by atoms with van der Waals surface area (Å²) >= 11 is 1.07. The van der Waals surface area contributed by atoms with Crippen LogP contribution in [0.3, 0.4) is 0 Å². The highest BCUT2D eigenvalue weighted by Gasteiger charge is 2.23. The summed E-state index contributed by atoms with van der Waals surface area (Å²) in [5, 5.41) is 1.64. The Labute approximate surface area is 138 Å². The molecule has 23 heavy (non-hydrogen) atoms. The van der Waals surface area contributed by atoms with Crippen molar-refractivity contribution >= 4 is 33.2 Å². The van der Waals surface area contributed by atoms with Crippen molar-refractivity contribution in [3.63, 3.8) is 0 Å². The monoisotopic (exact) mass is 353 g/mol. The van der Waals surface area contributed by atoms with Gasteiger partial charge in [0.1, 0.15) is 4.21 Å². The van der Waals surface area contributed by atoms with E-state index in [0.717, 1.165) is 15.6 Å². The molecule has 1 heterocycles. The van der Waals surface area contributed by atoms with Gasteiger partial charge in [0.05, 0.1) is 6.54 Å². The number of hydrogen-bond donors (Lipinski definition) is 2. The van der Waals surface area contributed by atoms with Crippen LogP contribution >= 0.6 is 11.3 Å². The van der Waals surface area contributed by atoms with Crippen molar-refractivity contribution in [2.75, 3.05) is 13.6 Å². The Kier molecular flexibility index (Phi) is 5.48. The maximum atomic E-state index is 12.2. The normalized spacial score (nSPS) is 11.2. The molecule has 0 atom stereocenters. The van der Waals surface area contributed by atoms with E-state index in [0.29, 0.717) is 5.56 Å². The summed E-state index contributed by atoms with van der Waals surface area (Å²) in [6.45, 7) is -0.407. The zero-order valence-corrected chi connectivity index (χ0v) is 13.9. The van der Waals surface area contributed by atoms with Crippen LogP contribution in [-0.2, 0) is 14.8 Å². The van der Waals surface area contributed by atoms with Gasteiger partial charge in [-0.15, -0.1) is 11.3 Å². The van der Waals surface area contributed by atoms with Gasteiger partial charge in [0.2, 0.25) is 0 Å². The number of hydrogen-bond acceptors (Lipinski definition) is 5. The fraction of sp³-hybridized carbons (Fsp3) is 0.143. The number of carbonyl (C=O) groups is 2. The Balaban J connectivity index is 1.89. The summed E-state index contributed by atoms with van der Waals surface area (Å²) in [4.78, 5) is 23.5. The average molecular weight is 353 g/mol. The van der Waals surface area contributed by atoms with Crippen LogP contribution in [0, 0.1) is 0 Å². The van der Waals surface area contributed by atoms with Gasteiger partial charge in [-0.25, -0.2) is 8.42 Å². The number of thiophene rings is 1. The molecule has 0 aliphatic rings. The molecular weight excluding hydrogens is 338 g/mol. The Morgan fingerprint density at radius 2 is 1.78 bits per heavy atom. The minimum absolute atomic E-state index is 0.154. The lowest BCUT2D eigenvalue weighted by Gasteiger charge is -2.15. The Morgan fingerprint density at radius 1 is 1.09 bits per heavy atom. The highest BCUT2D eigenvalue weighted by atomic mass is 32.2. The van der Waals surface area contributed by atoms with Gasteiger partial charge in [-0.2, -0.15) is 4.31 Å². The molecule has 7 nitrogen and oxygen atoms in total. The quantitative estimate of drug-likeness (QED) is 0.778. The molecule has 0 aliphatic carbocycles. The lowest BCUT2D eigenvalue weighted by atomic mass is 10.2. The van der Waals surface area contributed by atoms with Crippen LogP contribution in [0.25, 0.3) is 0 Å². The number of carbonyl (C=O) groups excluding carboxylic acids is 2. The molecule has 0 bridgehead atoms. The van der Waals surface area contributed by atoms with E-state index in [1.807, 2.05) is 0 Å². The molecule has 0 saturated carbocycles. The van der Waals surface area contributed by atoms with E-state index in [1.165, 1.54) is 13.1 Å². The minimum Gasteiger partial charge on any atom is -0.272 e. The van der Waals surface area contributed by atoms with E-state index < -0.39 is 28.4 Å². The van der Waals surface area contributed by atoms with Crippen LogP contribution in [0.2, 0.25) is 0 Å². The minimum atomic E-state index is -3.70.